The molecular weight excluding hydrogens is 447 g/mol. The summed E-state index contributed by atoms with van der Waals surface area (Å²) in [4.78, 5) is 0.268. The Labute approximate surface area is 204 Å². The van der Waals surface area contributed by atoms with Crippen LogP contribution in [-0.2, 0) is 31.2 Å². The molecule has 1 saturated heterocycles. The number of hydrogen-bond acceptors (Lipinski definition) is 5. The average Bonchev–Trinajstić information content (AvgIpc) is 3.37. The zero-order chi connectivity index (χ0) is 24.8. The van der Waals surface area contributed by atoms with E-state index in [9.17, 15) is 8.42 Å². The van der Waals surface area contributed by atoms with Gasteiger partial charge in [-0.3, -0.25) is 0 Å². The van der Waals surface area contributed by atoms with E-state index >= 15 is 0 Å². The maximum absolute atomic E-state index is 12.1. The smallest absolute Gasteiger partial charge is 0.399 e. The summed E-state index contributed by atoms with van der Waals surface area (Å²) >= 11 is 0. The zero-order valence-corrected chi connectivity index (χ0v) is 21.8. The molecule has 0 bridgehead atoms. The standard InChI is InChI=1S/C26H37BN2O4S/c1-24(2)25(3,4)33-27(32-24)21-11-10-20(23(17-21)26(18-28)14-6-7-15-26)16-19-8-12-22(13-9-19)34(30,31)29-5/h8-13,17,29H,6-7,14-16,18,28H2,1-5H3. The topological polar surface area (TPSA) is 90.7 Å². The van der Waals surface area contributed by atoms with E-state index in [1.54, 1.807) is 12.1 Å². The van der Waals surface area contributed by atoms with Gasteiger partial charge in [-0.15, -0.1) is 0 Å². The number of rotatable bonds is 7. The maximum atomic E-state index is 12.1. The molecule has 0 unspecified atom stereocenters. The second-order valence-electron chi connectivity index (χ2n) is 10.7. The molecule has 1 aliphatic heterocycles. The predicted octanol–water partition coefficient (Wildman–Crippen LogP) is 3.26. The largest absolute Gasteiger partial charge is 0.494 e. The fraction of sp³-hybridized carbons (Fsp3) is 0.538. The van der Waals surface area contributed by atoms with E-state index in [-0.39, 0.29) is 10.3 Å². The van der Waals surface area contributed by atoms with Crippen molar-refractivity contribution in [3.63, 3.8) is 0 Å². The van der Waals surface area contributed by atoms with Crippen molar-refractivity contribution in [3.05, 3.63) is 59.2 Å². The molecule has 34 heavy (non-hydrogen) atoms. The van der Waals surface area contributed by atoms with Crippen molar-refractivity contribution in [1.29, 1.82) is 0 Å². The molecule has 8 heteroatoms. The van der Waals surface area contributed by atoms with Gasteiger partial charge in [0.05, 0.1) is 16.1 Å². The lowest BCUT2D eigenvalue weighted by Crippen LogP contribution is -2.41. The van der Waals surface area contributed by atoms with Crippen LogP contribution < -0.4 is 15.9 Å². The molecular formula is C26H37BN2O4S. The summed E-state index contributed by atoms with van der Waals surface area (Å²) < 4.78 is 39.2. The van der Waals surface area contributed by atoms with Crippen LogP contribution in [0.1, 0.15) is 70.1 Å². The van der Waals surface area contributed by atoms with Gasteiger partial charge in [0.2, 0.25) is 10.0 Å². The Kier molecular flexibility index (Phi) is 6.77. The summed E-state index contributed by atoms with van der Waals surface area (Å²) in [5, 5.41) is 0. The molecule has 0 aromatic heterocycles. The fourth-order valence-corrected chi connectivity index (χ4v) is 5.86. The minimum absolute atomic E-state index is 0.0512. The quantitative estimate of drug-likeness (QED) is 0.589. The zero-order valence-electron chi connectivity index (χ0n) is 21.0. The van der Waals surface area contributed by atoms with E-state index in [0.29, 0.717) is 13.0 Å². The highest BCUT2D eigenvalue weighted by Gasteiger charge is 2.52. The van der Waals surface area contributed by atoms with Crippen LogP contribution in [0.25, 0.3) is 0 Å². The van der Waals surface area contributed by atoms with Crippen molar-refractivity contribution in [2.75, 3.05) is 13.6 Å². The Hall–Kier alpha value is -1.71. The van der Waals surface area contributed by atoms with E-state index in [4.69, 9.17) is 15.0 Å². The number of sulfonamides is 1. The minimum Gasteiger partial charge on any atom is -0.399 e. The van der Waals surface area contributed by atoms with Crippen molar-refractivity contribution in [2.24, 2.45) is 5.73 Å². The second kappa shape index (κ2) is 9.06. The number of hydrogen-bond donors (Lipinski definition) is 2. The van der Waals surface area contributed by atoms with Gasteiger partial charge in [0, 0.05) is 12.0 Å². The van der Waals surface area contributed by atoms with Crippen molar-refractivity contribution in [2.45, 2.75) is 81.3 Å². The van der Waals surface area contributed by atoms with Crippen molar-refractivity contribution in [1.82, 2.24) is 4.72 Å². The minimum atomic E-state index is -3.45. The van der Waals surface area contributed by atoms with Gasteiger partial charge in [0.1, 0.15) is 0 Å². The summed E-state index contributed by atoms with van der Waals surface area (Å²) in [6.07, 6.45) is 5.20. The van der Waals surface area contributed by atoms with Gasteiger partial charge in [0.25, 0.3) is 0 Å². The lowest BCUT2D eigenvalue weighted by Gasteiger charge is -2.32. The molecule has 2 aliphatic rings. The number of nitrogens with one attached hydrogen (secondary N) is 1. The van der Waals surface area contributed by atoms with Gasteiger partial charge in [0.15, 0.2) is 0 Å². The van der Waals surface area contributed by atoms with Gasteiger partial charge in [-0.1, -0.05) is 43.2 Å². The van der Waals surface area contributed by atoms with Crippen LogP contribution in [0.15, 0.2) is 47.4 Å². The van der Waals surface area contributed by atoms with Crippen LogP contribution >= 0.6 is 0 Å². The van der Waals surface area contributed by atoms with Gasteiger partial charge in [-0.2, -0.15) is 0 Å². The molecule has 0 atom stereocenters. The normalized spacial score (nSPS) is 21.2. The van der Waals surface area contributed by atoms with Crippen LogP contribution in [-0.4, -0.2) is 40.3 Å². The van der Waals surface area contributed by atoms with E-state index in [2.05, 4.69) is 50.6 Å². The monoisotopic (exact) mass is 484 g/mol. The van der Waals surface area contributed by atoms with Crippen LogP contribution in [0.4, 0.5) is 0 Å². The Morgan fingerprint density at radius 2 is 1.56 bits per heavy atom. The maximum Gasteiger partial charge on any atom is 0.494 e. The van der Waals surface area contributed by atoms with Crippen LogP contribution in [0.5, 0.6) is 0 Å². The molecule has 1 heterocycles. The molecule has 1 saturated carbocycles. The third-order valence-corrected chi connectivity index (χ3v) is 9.51. The van der Waals surface area contributed by atoms with Crippen molar-refractivity contribution >= 4 is 22.6 Å². The Bertz CT molecular complexity index is 1120. The molecule has 6 nitrogen and oxygen atoms in total. The molecule has 2 aromatic rings. The molecule has 0 spiro atoms. The van der Waals surface area contributed by atoms with E-state index in [1.807, 2.05) is 12.1 Å². The molecule has 0 amide bonds. The van der Waals surface area contributed by atoms with Gasteiger partial charge in [-0.05, 0) is 88.3 Å². The Balaban J connectivity index is 1.70. The van der Waals surface area contributed by atoms with Crippen molar-refractivity contribution < 1.29 is 17.7 Å². The lowest BCUT2D eigenvalue weighted by molar-refractivity contribution is 0.00578. The average molecular weight is 484 g/mol. The Morgan fingerprint density at radius 1 is 0.971 bits per heavy atom. The highest BCUT2D eigenvalue weighted by molar-refractivity contribution is 7.89. The predicted molar refractivity (Wildman–Crippen MR) is 137 cm³/mol. The lowest BCUT2D eigenvalue weighted by atomic mass is 9.70. The van der Waals surface area contributed by atoms with Gasteiger partial charge >= 0.3 is 7.12 Å². The molecule has 4 rings (SSSR count). The first-order valence-electron chi connectivity index (χ1n) is 12.1. The highest BCUT2D eigenvalue weighted by atomic mass is 32.2. The molecule has 1 aliphatic carbocycles. The van der Waals surface area contributed by atoms with Crippen molar-refractivity contribution in [3.8, 4) is 0 Å². The summed E-state index contributed by atoms with van der Waals surface area (Å²) in [7, 11) is -2.45. The SMILES string of the molecule is CNS(=O)(=O)c1ccc(Cc2ccc(B3OC(C)(C)C(C)(C)O3)cc2C2(CN)CCCC2)cc1. The fourth-order valence-electron chi connectivity index (χ4n) is 5.13. The summed E-state index contributed by atoms with van der Waals surface area (Å²) in [6.45, 7) is 8.88. The molecule has 0 radical (unpaired) electrons. The first kappa shape index (κ1) is 25.4. The first-order valence-corrected chi connectivity index (χ1v) is 13.6. The van der Waals surface area contributed by atoms with E-state index in [1.165, 1.54) is 31.0 Å². The summed E-state index contributed by atoms with van der Waals surface area (Å²) in [5.74, 6) is 0. The third kappa shape index (κ3) is 4.59. The van der Waals surface area contributed by atoms with Gasteiger partial charge < -0.3 is 15.0 Å². The van der Waals surface area contributed by atoms with Crippen LogP contribution in [0.3, 0.4) is 0 Å². The number of benzene rings is 2. The molecule has 184 valence electrons. The first-order chi connectivity index (χ1) is 15.9. The Morgan fingerprint density at radius 3 is 2.09 bits per heavy atom. The third-order valence-electron chi connectivity index (χ3n) is 8.08. The van der Waals surface area contributed by atoms with Crippen LogP contribution in [0.2, 0.25) is 0 Å². The van der Waals surface area contributed by atoms with E-state index in [0.717, 1.165) is 23.9 Å². The molecule has 2 fully saturated rings. The molecule has 3 N–H and O–H groups in total. The number of nitrogens with two attached hydrogens (primary N) is 1. The highest BCUT2D eigenvalue weighted by Crippen LogP contribution is 2.42. The summed E-state index contributed by atoms with van der Waals surface area (Å²) in [6, 6.07) is 13.6. The van der Waals surface area contributed by atoms with E-state index < -0.39 is 28.3 Å². The second-order valence-corrected chi connectivity index (χ2v) is 12.6. The molecule has 2 aromatic carbocycles. The van der Waals surface area contributed by atoms with Crippen LogP contribution in [0, 0.1) is 0 Å². The van der Waals surface area contributed by atoms with Gasteiger partial charge in [-0.25, -0.2) is 13.1 Å². The summed E-state index contributed by atoms with van der Waals surface area (Å²) in [5.41, 5.74) is 10.1.